The molecule has 0 spiro atoms. The van der Waals surface area contributed by atoms with Crippen LogP contribution in [0.5, 0.6) is 0 Å². The Balaban J connectivity index is 4.17. The number of amides is 3. The Bertz CT molecular complexity index is 278. The molecule has 0 saturated carbocycles. The molecule has 7 nitrogen and oxygen atoms in total. The van der Waals surface area contributed by atoms with Crippen LogP contribution in [0.2, 0.25) is 0 Å². The summed E-state index contributed by atoms with van der Waals surface area (Å²) in [5.41, 5.74) is 4.89. The van der Waals surface area contributed by atoms with Crippen molar-refractivity contribution in [3.63, 3.8) is 0 Å². The molecule has 0 aromatic rings. The molecule has 16 heavy (non-hydrogen) atoms. The molecule has 0 radical (unpaired) electrons. The van der Waals surface area contributed by atoms with Crippen LogP contribution in [-0.4, -0.2) is 35.1 Å². The number of aliphatic carboxylic acids is 1. The molecule has 92 valence electrons. The summed E-state index contributed by atoms with van der Waals surface area (Å²) < 4.78 is 0. The third kappa shape index (κ3) is 6.63. The maximum Gasteiger partial charge on any atom is 0.326 e. The standard InChI is InChI=1S/C9H17N3O4/c1-5(2)11-9(16)12-6(8(14)15)3-4-7(10)13/h5-6H,3-4H2,1-2H3,(H2,10,13)(H,14,15)(H2,11,12,16)/t6-/m0/s1. The largest absolute Gasteiger partial charge is 0.480 e. The minimum atomic E-state index is -1.19. The van der Waals surface area contributed by atoms with Crippen LogP contribution in [0.3, 0.4) is 0 Å². The van der Waals surface area contributed by atoms with Gasteiger partial charge < -0.3 is 21.5 Å². The molecule has 0 fully saturated rings. The summed E-state index contributed by atoms with van der Waals surface area (Å²) in [6.07, 6.45) is -0.102. The lowest BCUT2D eigenvalue weighted by Crippen LogP contribution is -2.48. The molecule has 0 aromatic carbocycles. The highest BCUT2D eigenvalue weighted by Crippen LogP contribution is 1.97. The van der Waals surface area contributed by atoms with Crippen molar-refractivity contribution < 1.29 is 19.5 Å². The van der Waals surface area contributed by atoms with Crippen molar-refractivity contribution in [1.82, 2.24) is 10.6 Å². The summed E-state index contributed by atoms with van der Waals surface area (Å²) >= 11 is 0. The van der Waals surface area contributed by atoms with Crippen molar-refractivity contribution in [2.24, 2.45) is 5.73 Å². The zero-order valence-corrected chi connectivity index (χ0v) is 9.32. The molecule has 0 aliphatic rings. The van der Waals surface area contributed by atoms with Crippen LogP contribution >= 0.6 is 0 Å². The molecule has 0 rings (SSSR count). The Morgan fingerprint density at radius 3 is 2.19 bits per heavy atom. The highest BCUT2D eigenvalue weighted by Gasteiger charge is 2.20. The van der Waals surface area contributed by atoms with Crippen molar-refractivity contribution in [2.45, 2.75) is 38.8 Å². The number of carbonyl (C=O) groups is 3. The topological polar surface area (TPSA) is 122 Å². The Hall–Kier alpha value is -1.79. The van der Waals surface area contributed by atoms with Crippen molar-refractivity contribution in [2.75, 3.05) is 0 Å². The zero-order valence-electron chi connectivity index (χ0n) is 9.32. The second-order valence-corrected chi connectivity index (χ2v) is 3.67. The fourth-order valence-electron chi connectivity index (χ4n) is 1.01. The van der Waals surface area contributed by atoms with Gasteiger partial charge in [-0.05, 0) is 20.3 Å². The minimum absolute atomic E-state index is 0.0177. The van der Waals surface area contributed by atoms with Crippen LogP contribution in [0.1, 0.15) is 26.7 Å². The van der Waals surface area contributed by atoms with Gasteiger partial charge in [0.2, 0.25) is 5.91 Å². The maximum atomic E-state index is 11.2. The first-order valence-electron chi connectivity index (χ1n) is 4.91. The van der Waals surface area contributed by atoms with E-state index in [4.69, 9.17) is 10.8 Å². The van der Waals surface area contributed by atoms with Crippen molar-refractivity contribution >= 4 is 17.9 Å². The van der Waals surface area contributed by atoms with Gasteiger partial charge in [0.25, 0.3) is 0 Å². The lowest BCUT2D eigenvalue weighted by atomic mass is 10.1. The minimum Gasteiger partial charge on any atom is -0.480 e. The second-order valence-electron chi connectivity index (χ2n) is 3.67. The molecule has 0 aromatic heterocycles. The molecule has 0 unspecified atom stereocenters. The number of hydrogen-bond donors (Lipinski definition) is 4. The normalized spacial score (nSPS) is 11.9. The average molecular weight is 231 g/mol. The van der Waals surface area contributed by atoms with Gasteiger partial charge in [-0.25, -0.2) is 9.59 Å². The van der Waals surface area contributed by atoms with Crippen molar-refractivity contribution in [3.8, 4) is 0 Å². The number of hydrogen-bond acceptors (Lipinski definition) is 3. The highest BCUT2D eigenvalue weighted by molar-refractivity contribution is 5.83. The Morgan fingerprint density at radius 2 is 1.81 bits per heavy atom. The molecule has 3 amide bonds. The maximum absolute atomic E-state index is 11.2. The summed E-state index contributed by atoms with van der Waals surface area (Å²) in [6.45, 7) is 3.50. The molecule has 0 aliphatic carbocycles. The van der Waals surface area contributed by atoms with Gasteiger partial charge >= 0.3 is 12.0 Å². The second kappa shape index (κ2) is 6.65. The van der Waals surface area contributed by atoms with Gasteiger partial charge in [-0.15, -0.1) is 0 Å². The number of primary amides is 1. The third-order valence-electron chi connectivity index (χ3n) is 1.70. The first-order chi connectivity index (χ1) is 7.32. The predicted molar refractivity (Wildman–Crippen MR) is 56.7 cm³/mol. The number of carboxylic acids is 1. The van der Waals surface area contributed by atoms with Crippen LogP contribution in [-0.2, 0) is 9.59 Å². The van der Waals surface area contributed by atoms with E-state index >= 15 is 0 Å². The van der Waals surface area contributed by atoms with E-state index in [-0.39, 0.29) is 18.9 Å². The molecule has 1 atom stereocenters. The average Bonchev–Trinajstić information content (AvgIpc) is 2.09. The molecule has 5 N–H and O–H groups in total. The van der Waals surface area contributed by atoms with E-state index in [0.29, 0.717) is 0 Å². The van der Waals surface area contributed by atoms with Crippen LogP contribution < -0.4 is 16.4 Å². The van der Waals surface area contributed by atoms with E-state index in [1.54, 1.807) is 13.8 Å². The number of carboxylic acid groups (broad SMARTS) is 1. The predicted octanol–water partition coefficient (Wildman–Crippen LogP) is -0.587. The van der Waals surface area contributed by atoms with Crippen LogP contribution in [0, 0.1) is 0 Å². The van der Waals surface area contributed by atoms with Crippen molar-refractivity contribution in [3.05, 3.63) is 0 Å². The SMILES string of the molecule is CC(C)NC(=O)N[C@@H](CCC(N)=O)C(=O)O. The Kier molecular flexibility index (Phi) is 5.91. The number of urea groups is 1. The number of carbonyl (C=O) groups excluding carboxylic acids is 2. The quantitative estimate of drug-likeness (QED) is 0.488. The summed E-state index contributed by atoms with van der Waals surface area (Å²) in [5, 5.41) is 13.5. The van der Waals surface area contributed by atoms with Crippen molar-refractivity contribution in [1.29, 1.82) is 0 Å². The van der Waals surface area contributed by atoms with Gasteiger partial charge in [-0.3, -0.25) is 4.79 Å². The first kappa shape index (κ1) is 14.2. The first-order valence-corrected chi connectivity index (χ1v) is 4.91. The van der Waals surface area contributed by atoms with E-state index in [2.05, 4.69) is 10.6 Å². The van der Waals surface area contributed by atoms with Gasteiger partial charge in [-0.2, -0.15) is 0 Å². The monoisotopic (exact) mass is 231 g/mol. The third-order valence-corrected chi connectivity index (χ3v) is 1.70. The van der Waals surface area contributed by atoms with Crippen LogP contribution in [0.25, 0.3) is 0 Å². The molecule has 0 saturated heterocycles. The fraction of sp³-hybridized carbons (Fsp3) is 0.667. The lowest BCUT2D eigenvalue weighted by Gasteiger charge is -2.15. The van der Waals surface area contributed by atoms with E-state index in [9.17, 15) is 14.4 Å². The van der Waals surface area contributed by atoms with Crippen LogP contribution in [0.4, 0.5) is 4.79 Å². The van der Waals surface area contributed by atoms with E-state index in [0.717, 1.165) is 0 Å². The van der Waals surface area contributed by atoms with Gasteiger partial charge in [0.15, 0.2) is 0 Å². The van der Waals surface area contributed by atoms with E-state index < -0.39 is 23.9 Å². The zero-order chi connectivity index (χ0) is 12.7. The summed E-state index contributed by atoms with van der Waals surface area (Å²) in [6, 6.07) is -1.77. The summed E-state index contributed by atoms with van der Waals surface area (Å²) in [5.74, 6) is -1.79. The summed E-state index contributed by atoms with van der Waals surface area (Å²) in [4.78, 5) is 32.4. The molecule has 7 heteroatoms. The smallest absolute Gasteiger partial charge is 0.326 e. The number of nitrogens with one attached hydrogen (secondary N) is 2. The van der Waals surface area contributed by atoms with Gasteiger partial charge in [-0.1, -0.05) is 0 Å². The lowest BCUT2D eigenvalue weighted by molar-refractivity contribution is -0.139. The molecule has 0 heterocycles. The summed E-state index contributed by atoms with van der Waals surface area (Å²) in [7, 11) is 0. The number of rotatable bonds is 6. The van der Waals surface area contributed by atoms with Crippen LogP contribution in [0.15, 0.2) is 0 Å². The molecule has 0 aliphatic heterocycles. The van der Waals surface area contributed by atoms with Gasteiger partial charge in [0, 0.05) is 12.5 Å². The number of nitrogens with two attached hydrogens (primary N) is 1. The van der Waals surface area contributed by atoms with E-state index in [1.807, 2.05) is 0 Å². The molecule has 0 bridgehead atoms. The highest BCUT2D eigenvalue weighted by atomic mass is 16.4. The molecular weight excluding hydrogens is 214 g/mol. The Morgan fingerprint density at radius 1 is 1.25 bits per heavy atom. The fourth-order valence-corrected chi connectivity index (χ4v) is 1.01. The van der Waals surface area contributed by atoms with E-state index in [1.165, 1.54) is 0 Å². The Labute approximate surface area is 93.4 Å². The van der Waals surface area contributed by atoms with Gasteiger partial charge in [0.1, 0.15) is 6.04 Å². The van der Waals surface area contributed by atoms with Gasteiger partial charge in [0.05, 0.1) is 0 Å². The molecular formula is C9H17N3O4.